The van der Waals surface area contributed by atoms with Crippen molar-refractivity contribution >= 4 is 5.69 Å². The van der Waals surface area contributed by atoms with E-state index in [2.05, 4.69) is 10.3 Å². The van der Waals surface area contributed by atoms with Gasteiger partial charge in [-0.25, -0.2) is 4.98 Å². The smallest absolute Gasteiger partial charge is 0.180 e. The third kappa shape index (κ3) is 2.61. The van der Waals surface area contributed by atoms with Gasteiger partial charge in [-0.1, -0.05) is 18.2 Å². The number of hydrogen-bond acceptors (Lipinski definition) is 4. The normalized spacial score (nSPS) is 10.3. The van der Waals surface area contributed by atoms with Crippen molar-refractivity contribution in [3.8, 4) is 0 Å². The first kappa shape index (κ1) is 10.7. The van der Waals surface area contributed by atoms with E-state index in [4.69, 9.17) is 9.15 Å². The second kappa shape index (κ2) is 5.32. The van der Waals surface area contributed by atoms with Gasteiger partial charge in [0.25, 0.3) is 0 Å². The van der Waals surface area contributed by atoms with E-state index in [0.29, 0.717) is 13.2 Å². The molecule has 84 valence electrons. The summed E-state index contributed by atoms with van der Waals surface area (Å²) in [5.74, 6) is 0.812. The highest BCUT2D eigenvalue weighted by molar-refractivity contribution is 5.50. The molecular formula is C12H14N2O2. The van der Waals surface area contributed by atoms with E-state index in [0.717, 1.165) is 17.0 Å². The zero-order valence-electron chi connectivity index (χ0n) is 9.14. The molecule has 1 heterocycles. The van der Waals surface area contributed by atoms with E-state index in [1.165, 1.54) is 6.39 Å². The molecule has 1 N–H and O–H groups in total. The van der Waals surface area contributed by atoms with E-state index in [1.807, 2.05) is 24.3 Å². The van der Waals surface area contributed by atoms with Crippen LogP contribution in [0.1, 0.15) is 11.3 Å². The van der Waals surface area contributed by atoms with Gasteiger partial charge in [0.2, 0.25) is 0 Å². The molecule has 0 aliphatic carbocycles. The summed E-state index contributed by atoms with van der Waals surface area (Å²) in [5.41, 5.74) is 2.19. The minimum atomic E-state index is 0.597. The van der Waals surface area contributed by atoms with Crippen LogP contribution in [0, 0.1) is 0 Å². The lowest BCUT2D eigenvalue weighted by atomic mass is 10.2. The SMILES string of the molecule is COCc1ccccc1NCc1cnco1. The van der Waals surface area contributed by atoms with Crippen molar-refractivity contribution in [3.05, 3.63) is 48.2 Å². The third-order valence-corrected chi connectivity index (χ3v) is 2.25. The number of ether oxygens (including phenoxy) is 1. The lowest BCUT2D eigenvalue weighted by molar-refractivity contribution is 0.185. The summed E-state index contributed by atoms with van der Waals surface area (Å²) in [5, 5.41) is 3.29. The minimum Gasteiger partial charge on any atom is -0.447 e. The van der Waals surface area contributed by atoms with E-state index in [9.17, 15) is 0 Å². The summed E-state index contributed by atoms with van der Waals surface area (Å²) < 4.78 is 10.3. The van der Waals surface area contributed by atoms with Gasteiger partial charge in [-0.15, -0.1) is 0 Å². The molecule has 1 aromatic heterocycles. The average molecular weight is 218 g/mol. The van der Waals surface area contributed by atoms with Crippen LogP contribution >= 0.6 is 0 Å². The van der Waals surface area contributed by atoms with Crippen molar-refractivity contribution < 1.29 is 9.15 Å². The van der Waals surface area contributed by atoms with Gasteiger partial charge in [-0.2, -0.15) is 0 Å². The van der Waals surface area contributed by atoms with Crippen LogP contribution in [0.5, 0.6) is 0 Å². The Hall–Kier alpha value is -1.81. The zero-order chi connectivity index (χ0) is 11.2. The highest BCUT2D eigenvalue weighted by Gasteiger charge is 2.02. The summed E-state index contributed by atoms with van der Waals surface area (Å²) in [7, 11) is 1.69. The monoisotopic (exact) mass is 218 g/mol. The molecule has 0 saturated heterocycles. The number of nitrogens with one attached hydrogen (secondary N) is 1. The fraction of sp³-hybridized carbons (Fsp3) is 0.250. The van der Waals surface area contributed by atoms with Gasteiger partial charge in [0.05, 0.1) is 19.3 Å². The first-order valence-corrected chi connectivity index (χ1v) is 5.08. The number of nitrogens with zero attached hydrogens (tertiary/aromatic N) is 1. The number of anilines is 1. The van der Waals surface area contributed by atoms with E-state index >= 15 is 0 Å². The largest absolute Gasteiger partial charge is 0.447 e. The van der Waals surface area contributed by atoms with Gasteiger partial charge in [-0.3, -0.25) is 0 Å². The Labute approximate surface area is 94.3 Å². The summed E-state index contributed by atoms with van der Waals surface area (Å²) in [4.78, 5) is 3.86. The van der Waals surface area contributed by atoms with Crippen molar-refractivity contribution in [2.45, 2.75) is 13.2 Å². The first-order chi connectivity index (χ1) is 7.90. The Morgan fingerprint density at radius 3 is 3.00 bits per heavy atom. The average Bonchev–Trinajstić information content (AvgIpc) is 2.81. The summed E-state index contributed by atoms with van der Waals surface area (Å²) in [6.07, 6.45) is 3.13. The van der Waals surface area contributed by atoms with Gasteiger partial charge < -0.3 is 14.5 Å². The van der Waals surface area contributed by atoms with Crippen molar-refractivity contribution in [2.75, 3.05) is 12.4 Å². The Morgan fingerprint density at radius 1 is 1.38 bits per heavy atom. The van der Waals surface area contributed by atoms with Gasteiger partial charge in [0.1, 0.15) is 5.76 Å². The predicted octanol–water partition coefficient (Wildman–Crippen LogP) is 2.43. The Balaban J connectivity index is 2.03. The molecule has 16 heavy (non-hydrogen) atoms. The maximum absolute atomic E-state index is 5.15. The van der Waals surface area contributed by atoms with Crippen LogP contribution in [-0.2, 0) is 17.9 Å². The molecular weight excluding hydrogens is 204 g/mol. The molecule has 0 saturated carbocycles. The second-order valence-corrected chi connectivity index (χ2v) is 3.41. The van der Waals surface area contributed by atoms with Gasteiger partial charge in [0, 0.05) is 18.4 Å². The summed E-state index contributed by atoms with van der Waals surface area (Å²) in [6.45, 7) is 1.22. The predicted molar refractivity (Wildman–Crippen MR) is 61.0 cm³/mol. The molecule has 0 fully saturated rings. The maximum Gasteiger partial charge on any atom is 0.180 e. The molecule has 4 heteroatoms. The number of oxazole rings is 1. The molecule has 0 bridgehead atoms. The standard InChI is InChI=1S/C12H14N2O2/c1-15-8-10-4-2-3-5-12(10)14-7-11-6-13-9-16-11/h2-6,9,14H,7-8H2,1H3. The number of rotatable bonds is 5. The third-order valence-electron chi connectivity index (χ3n) is 2.25. The molecule has 1 aromatic carbocycles. The number of methoxy groups -OCH3 is 1. The quantitative estimate of drug-likeness (QED) is 0.837. The van der Waals surface area contributed by atoms with Crippen molar-refractivity contribution in [1.29, 1.82) is 0 Å². The first-order valence-electron chi connectivity index (χ1n) is 5.08. The van der Waals surface area contributed by atoms with Crippen LogP contribution in [0.25, 0.3) is 0 Å². The zero-order valence-corrected chi connectivity index (χ0v) is 9.14. The molecule has 0 amide bonds. The maximum atomic E-state index is 5.15. The van der Waals surface area contributed by atoms with E-state index in [1.54, 1.807) is 13.3 Å². The van der Waals surface area contributed by atoms with Crippen LogP contribution in [0.2, 0.25) is 0 Å². The molecule has 2 aromatic rings. The molecule has 0 aliphatic heterocycles. The molecule has 4 nitrogen and oxygen atoms in total. The van der Waals surface area contributed by atoms with Crippen molar-refractivity contribution in [2.24, 2.45) is 0 Å². The highest BCUT2D eigenvalue weighted by Crippen LogP contribution is 2.16. The molecule has 0 unspecified atom stereocenters. The van der Waals surface area contributed by atoms with Crippen LogP contribution < -0.4 is 5.32 Å². The van der Waals surface area contributed by atoms with E-state index < -0.39 is 0 Å². The van der Waals surface area contributed by atoms with Crippen LogP contribution in [0.15, 0.2) is 41.3 Å². The van der Waals surface area contributed by atoms with Crippen LogP contribution in [0.3, 0.4) is 0 Å². The summed E-state index contributed by atoms with van der Waals surface area (Å²) in [6, 6.07) is 8.03. The van der Waals surface area contributed by atoms with Crippen molar-refractivity contribution in [1.82, 2.24) is 4.98 Å². The minimum absolute atomic E-state index is 0.597. The van der Waals surface area contributed by atoms with Crippen LogP contribution in [0.4, 0.5) is 5.69 Å². The Kier molecular flexibility index (Phi) is 3.56. The fourth-order valence-corrected chi connectivity index (χ4v) is 1.49. The number of aromatic nitrogens is 1. The molecule has 0 spiro atoms. The summed E-state index contributed by atoms with van der Waals surface area (Å²) >= 11 is 0. The van der Waals surface area contributed by atoms with E-state index in [-0.39, 0.29) is 0 Å². The highest BCUT2D eigenvalue weighted by atomic mass is 16.5. The van der Waals surface area contributed by atoms with Gasteiger partial charge >= 0.3 is 0 Å². The fourth-order valence-electron chi connectivity index (χ4n) is 1.49. The number of para-hydroxylation sites is 1. The molecule has 0 atom stereocenters. The Morgan fingerprint density at radius 2 is 2.25 bits per heavy atom. The Bertz CT molecular complexity index is 426. The molecule has 2 rings (SSSR count). The topological polar surface area (TPSA) is 47.3 Å². The number of benzene rings is 1. The number of hydrogen-bond donors (Lipinski definition) is 1. The van der Waals surface area contributed by atoms with Crippen molar-refractivity contribution in [3.63, 3.8) is 0 Å². The molecule has 0 radical (unpaired) electrons. The lowest BCUT2D eigenvalue weighted by Crippen LogP contribution is -2.02. The van der Waals surface area contributed by atoms with Crippen LogP contribution in [-0.4, -0.2) is 12.1 Å². The second-order valence-electron chi connectivity index (χ2n) is 3.41. The molecule has 0 aliphatic rings. The van der Waals surface area contributed by atoms with Gasteiger partial charge in [-0.05, 0) is 6.07 Å². The lowest BCUT2D eigenvalue weighted by Gasteiger charge is -2.09. The van der Waals surface area contributed by atoms with Gasteiger partial charge in [0.15, 0.2) is 6.39 Å².